The van der Waals surface area contributed by atoms with E-state index in [0.717, 1.165) is 16.6 Å². The van der Waals surface area contributed by atoms with Gasteiger partial charge in [0, 0.05) is 24.5 Å². The number of benzene rings is 1. The lowest BCUT2D eigenvalue weighted by Crippen LogP contribution is -2.24. The van der Waals surface area contributed by atoms with E-state index in [2.05, 4.69) is 15.6 Å². The van der Waals surface area contributed by atoms with Gasteiger partial charge in [-0.05, 0) is 24.3 Å². The minimum absolute atomic E-state index is 0.0697. The number of hydrogen-bond acceptors (Lipinski definition) is 3. The Morgan fingerprint density at radius 1 is 1.32 bits per heavy atom. The maximum Gasteiger partial charge on any atom is 0.229 e. The summed E-state index contributed by atoms with van der Waals surface area (Å²) in [6.07, 6.45) is 1.97. The lowest BCUT2D eigenvalue weighted by atomic mass is 10.1. The van der Waals surface area contributed by atoms with Crippen molar-refractivity contribution < 1.29 is 9.59 Å². The van der Waals surface area contributed by atoms with E-state index in [0.29, 0.717) is 6.54 Å². The van der Waals surface area contributed by atoms with Gasteiger partial charge in [-0.3, -0.25) is 14.6 Å². The molecule has 1 aromatic carbocycles. The summed E-state index contributed by atoms with van der Waals surface area (Å²) < 4.78 is 0. The fraction of sp³-hybridized carbons (Fsp3) is 0.214. The Hall–Kier alpha value is -2.43. The second-order valence-corrected chi connectivity index (χ2v) is 4.57. The van der Waals surface area contributed by atoms with Gasteiger partial charge in [-0.1, -0.05) is 6.07 Å². The fourth-order valence-corrected chi connectivity index (χ4v) is 2.24. The number of aromatic nitrogens is 1. The first-order valence-corrected chi connectivity index (χ1v) is 6.15. The van der Waals surface area contributed by atoms with Gasteiger partial charge in [0.25, 0.3) is 0 Å². The van der Waals surface area contributed by atoms with Crippen molar-refractivity contribution in [3.8, 4) is 0 Å². The molecule has 0 aliphatic carbocycles. The number of nitrogens with zero attached hydrogens (tertiary/aromatic N) is 1. The van der Waals surface area contributed by atoms with Gasteiger partial charge in [-0.25, -0.2) is 0 Å². The summed E-state index contributed by atoms with van der Waals surface area (Å²) in [5.74, 6) is -0.492. The van der Waals surface area contributed by atoms with Gasteiger partial charge < -0.3 is 10.6 Å². The summed E-state index contributed by atoms with van der Waals surface area (Å²) in [4.78, 5) is 27.4. The van der Waals surface area contributed by atoms with Crippen molar-refractivity contribution in [2.24, 2.45) is 5.92 Å². The average Bonchev–Trinajstić information content (AvgIpc) is 2.86. The van der Waals surface area contributed by atoms with Crippen molar-refractivity contribution in [1.82, 2.24) is 10.3 Å². The van der Waals surface area contributed by atoms with Gasteiger partial charge in [-0.2, -0.15) is 0 Å². The van der Waals surface area contributed by atoms with E-state index in [9.17, 15) is 9.59 Å². The van der Waals surface area contributed by atoms with Gasteiger partial charge in [0.2, 0.25) is 11.8 Å². The van der Waals surface area contributed by atoms with Crippen LogP contribution in [0.4, 0.5) is 5.69 Å². The molecule has 0 radical (unpaired) electrons. The van der Waals surface area contributed by atoms with Gasteiger partial charge in [0.15, 0.2) is 0 Å². The number of pyridine rings is 1. The maximum absolute atomic E-state index is 12.1. The van der Waals surface area contributed by atoms with Crippen LogP contribution in [0.3, 0.4) is 0 Å². The lowest BCUT2D eigenvalue weighted by Gasteiger charge is -2.11. The zero-order valence-electron chi connectivity index (χ0n) is 10.2. The molecule has 96 valence electrons. The SMILES string of the molecule is O=C1CC(C(=O)Nc2cccc3ncccc23)CN1. The molecule has 1 aliphatic heterocycles. The smallest absolute Gasteiger partial charge is 0.229 e. The second-order valence-electron chi connectivity index (χ2n) is 4.57. The van der Waals surface area contributed by atoms with Gasteiger partial charge in [0.05, 0.1) is 17.1 Å². The molecule has 2 N–H and O–H groups in total. The lowest BCUT2D eigenvalue weighted by molar-refractivity contribution is -0.123. The van der Waals surface area contributed by atoms with Crippen LogP contribution >= 0.6 is 0 Å². The third-order valence-electron chi connectivity index (χ3n) is 3.25. The highest BCUT2D eigenvalue weighted by atomic mass is 16.2. The molecule has 0 spiro atoms. The Balaban J connectivity index is 1.85. The van der Waals surface area contributed by atoms with Crippen LogP contribution in [0.15, 0.2) is 36.5 Å². The molecular weight excluding hydrogens is 242 g/mol. The third kappa shape index (κ3) is 2.27. The monoisotopic (exact) mass is 255 g/mol. The number of rotatable bonds is 2. The zero-order valence-corrected chi connectivity index (χ0v) is 10.2. The van der Waals surface area contributed by atoms with Crippen molar-refractivity contribution in [1.29, 1.82) is 0 Å². The van der Waals surface area contributed by atoms with Crippen LogP contribution < -0.4 is 10.6 Å². The van der Waals surface area contributed by atoms with Crippen molar-refractivity contribution in [3.05, 3.63) is 36.5 Å². The molecule has 3 rings (SSSR count). The molecule has 19 heavy (non-hydrogen) atoms. The molecule has 1 fully saturated rings. The van der Waals surface area contributed by atoms with E-state index in [1.54, 1.807) is 6.20 Å². The predicted molar refractivity (Wildman–Crippen MR) is 71.5 cm³/mol. The van der Waals surface area contributed by atoms with Crippen LogP contribution in [0, 0.1) is 5.92 Å². The highest BCUT2D eigenvalue weighted by molar-refractivity contribution is 6.03. The Bertz CT molecular complexity index is 649. The van der Waals surface area contributed by atoms with Crippen LogP contribution in [0.5, 0.6) is 0 Å². The minimum atomic E-state index is -0.292. The Morgan fingerprint density at radius 3 is 3.00 bits per heavy atom. The normalized spacial score (nSPS) is 18.3. The first-order valence-electron chi connectivity index (χ1n) is 6.15. The zero-order chi connectivity index (χ0) is 13.2. The van der Waals surface area contributed by atoms with Crippen LogP contribution in [-0.2, 0) is 9.59 Å². The van der Waals surface area contributed by atoms with Crippen molar-refractivity contribution in [3.63, 3.8) is 0 Å². The van der Waals surface area contributed by atoms with Gasteiger partial charge >= 0.3 is 0 Å². The van der Waals surface area contributed by atoms with Gasteiger partial charge in [-0.15, -0.1) is 0 Å². The van der Waals surface area contributed by atoms with E-state index >= 15 is 0 Å². The van der Waals surface area contributed by atoms with E-state index in [-0.39, 0.29) is 24.2 Å². The predicted octanol–water partition coefficient (Wildman–Crippen LogP) is 1.31. The molecule has 1 saturated heterocycles. The summed E-state index contributed by atoms with van der Waals surface area (Å²) >= 11 is 0. The maximum atomic E-state index is 12.1. The molecule has 5 heteroatoms. The van der Waals surface area contributed by atoms with E-state index in [1.165, 1.54) is 0 Å². The summed E-state index contributed by atoms with van der Waals surface area (Å²) in [7, 11) is 0. The summed E-state index contributed by atoms with van der Waals surface area (Å²) in [5.41, 5.74) is 1.57. The van der Waals surface area contributed by atoms with Crippen molar-refractivity contribution >= 4 is 28.4 Å². The molecule has 5 nitrogen and oxygen atoms in total. The van der Waals surface area contributed by atoms with E-state index in [4.69, 9.17) is 0 Å². The molecule has 1 aromatic heterocycles. The third-order valence-corrected chi connectivity index (χ3v) is 3.25. The van der Waals surface area contributed by atoms with Crippen LogP contribution in [0.2, 0.25) is 0 Å². The number of anilines is 1. The Labute approximate surface area is 110 Å². The average molecular weight is 255 g/mol. The molecular formula is C14H13N3O2. The Morgan fingerprint density at radius 2 is 2.21 bits per heavy atom. The quantitative estimate of drug-likeness (QED) is 0.850. The molecule has 2 heterocycles. The van der Waals surface area contributed by atoms with Crippen LogP contribution in [0.1, 0.15) is 6.42 Å². The standard InChI is InChI=1S/C14H13N3O2/c18-13-7-9(8-16-13)14(19)17-12-5-1-4-11-10(12)3-2-6-15-11/h1-6,9H,7-8H2,(H,16,18)(H,17,19). The number of carbonyl (C=O) groups excluding carboxylic acids is 2. The summed E-state index contributed by atoms with van der Waals surface area (Å²) in [5, 5.41) is 6.44. The number of amides is 2. The molecule has 1 unspecified atom stereocenters. The van der Waals surface area contributed by atoms with E-state index in [1.807, 2.05) is 30.3 Å². The number of fused-ring (bicyclic) bond motifs is 1. The molecule has 1 aliphatic rings. The van der Waals surface area contributed by atoms with Crippen molar-refractivity contribution in [2.45, 2.75) is 6.42 Å². The van der Waals surface area contributed by atoms with Crippen LogP contribution in [-0.4, -0.2) is 23.3 Å². The highest BCUT2D eigenvalue weighted by Crippen LogP contribution is 2.22. The highest BCUT2D eigenvalue weighted by Gasteiger charge is 2.28. The molecule has 0 bridgehead atoms. The largest absolute Gasteiger partial charge is 0.355 e. The summed E-state index contributed by atoms with van der Waals surface area (Å²) in [6, 6.07) is 9.33. The first-order chi connectivity index (χ1) is 9.24. The summed E-state index contributed by atoms with van der Waals surface area (Å²) in [6.45, 7) is 0.410. The molecule has 1 atom stereocenters. The Kier molecular flexibility index (Phi) is 2.87. The van der Waals surface area contributed by atoms with Crippen molar-refractivity contribution in [2.75, 3.05) is 11.9 Å². The molecule has 2 amide bonds. The second kappa shape index (κ2) is 4.68. The van der Waals surface area contributed by atoms with Gasteiger partial charge in [0.1, 0.15) is 0 Å². The molecule has 2 aromatic rings. The van der Waals surface area contributed by atoms with E-state index < -0.39 is 0 Å². The first kappa shape index (κ1) is 11.6. The number of carbonyl (C=O) groups is 2. The van der Waals surface area contributed by atoms with Crippen LogP contribution in [0.25, 0.3) is 10.9 Å². The number of nitrogens with one attached hydrogen (secondary N) is 2. The fourth-order valence-electron chi connectivity index (χ4n) is 2.24. The molecule has 0 saturated carbocycles. The minimum Gasteiger partial charge on any atom is -0.355 e. The number of hydrogen-bond donors (Lipinski definition) is 2. The topological polar surface area (TPSA) is 71.1 Å².